The van der Waals surface area contributed by atoms with Crippen LogP contribution in [0.2, 0.25) is 0 Å². The number of benzene rings is 1. The fourth-order valence-corrected chi connectivity index (χ4v) is 3.19. The normalized spacial score (nSPS) is 17.8. The first-order chi connectivity index (χ1) is 11.8. The van der Waals surface area contributed by atoms with E-state index in [9.17, 15) is 0 Å². The lowest BCUT2D eigenvalue weighted by atomic mass is 10.2. The molecule has 1 aliphatic rings. The number of nitrogens with zero attached hydrogens (tertiary/aromatic N) is 3. The molecule has 1 saturated heterocycles. The van der Waals surface area contributed by atoms with Crippen LogP contribution in [0.4, 0.5) is 5.82 Å². The van der Waals surface area contributed by atoms with E-state index in [0.717, 1.165) is 44.2 Å². The van der Waals surface area contributed by atoms with Crippen molar-refractivity contribution in [3.63, 3.8) is 0 Å². The van der Waals surface area contributed by atoms with E-state index in [4.69, 9.17) is 4.74 Å². The Morgan fingerprint density at radius 3 is 2.75 bits per heavy atom. The van der Waals surface area contributed by atoms with Crippen molar-refractivity contribution in [3.8, 4) is 5.75 Å². The Morgan fingerprint density at radius 2 is 2.04 bits per heavy atom. The van der Waals surface area contributed by atoms with Crippen LogP contribution in [0.5, 0.6) is 5.75 Å². The third kappa shape index (κ3) is 4.26. The van der Waals surface area contributed by atoms with Gasteiger partial charge < -0.3 is 9.64 Å². The fraction of sp³-hybridized carbons (Fsp3) is 0.450. The molecule has 1 aromatic carbocycles. The summed E-state index contributed by atoms with van der Waals surface area (Å²) >= 11 is 0. The smallest absolute Gasteiger partial charge is 0.128 e. The van der Waals surface area contributed by atoms with Gasteiger partial charge in [-0.15, -0.1) is 0 Å². The van der Waals surface area contributed by atoms with Gasteiger partial charge in [-0.2, -0.15) is 0 Å². The zero-order chi connectivity index (χ0) is 16.8. The van der Waals surface area contributed by atoms with Crippen LogP contribution >= 0.6 is 0 Å². The molecule has 128 valence electrons. The molecule has 1 atom stereocenters. The van der Waals surface area contributed by atoms with Crippen LogP contribution in [0.15, 0.2) is 48.7 Å². The van der Waals surface area contributed by atoms with Crippen molar-refractivity contribution in [2.24, 2.45) is 0 Å². The molecule has 0 amide bonds. The third-order valence-electron chi connectivity index (χ3n) is 4.61. The standard InChI is InChI=1S/C20H27N3O/c1-3-14-24-19-9-7-17(8-10-19)15-23-13-11-18(16-23)22(2)20-6-4-5-12-21-20/h4-10,12,18H,3,11,13-16H2,1-2H3/t18-/m0/s1. The molecule has 0 N–H and O–H groups in total. The van der Waals surface area contributed by atoms with Crippen LogP contribution in [0.25, 0.3) is 0 Å². The number of likely N-dealkylation sites (N-methyl/N-ethyl adjacent to an activating group) is 1. The van der Waals surface area contributed by atoms with E-state index in [1.165, 1.54) is 12.0 Å². The molecule has 0 unspecified atom stereocenters. The van der Waals surface area contributed by atoms with Crippen LogP contribution in [0, 0.1) is 0 Å². The lowest BCUT2D eigenvalue weighted by Crippen LogP contribution is -2.34. The summed E-state index contributed by atoms with van der Waals surface area (Å²) in [7, 11) is 2.15. The number of hydrogen-bond donors (Lipinski definition) is 0. The number of rotatable bonds is 7. The highest BCUT2D eigenvalue weighted by molar-refractivity contribution is 5.38. The Kier molecular flexibility index (Phi) is 5.70. The van der Waals surface area contributed by atoms with Crippen molar-refractivity contribution < 1.29 is 4.74 Å². The molecule has 4 nitrogen and oxygen atoms in total. The quantitative estimate of drug-likeness (QED) is 0.778. The molecule has 24 heavy (non-hydrogen) atoms. The average Bonchev–Trinajstić information content (AvgIpc) is 3.10. The molecular formula is C20H27N3O. The molecule has 3 rings (SSSR count). The summed E-state index contributed by atoms with van der Waals surface area (Å²) in [6, 6.07) is 15.2. The van der Waals surface area contributed by atoms with Gasteiger partial charge in [-0.3, -0.25) is 4.90 Å². The zero-order valence-electron chi connectivity index (χ0n) is 14.7. The van der Waals surface area contributed by atoms with Crippen molar-refractivity contribution in [2.75, 3.05) is 31.6 Å². The van der Waals surface area contributed by atoms with Gasteiger partial charge in [-0.25, -0.2) is 4.98 Å². The largest absolute Gasteiger partial charge is 0.494 e. The highest BCUT2D eigenvalue weighted by Crippen LogP contribution is 2.21. The van der Waals surface area contributed by atoms with E-state index in [0.29, 0.717) is 6.04 Å². The predicted octanol–water partition coefficient (Wildman–Crippen LogP) is 3.58. The Hall–Kier alpha value is -2.07. The number of hydrogen-bond acceptors (Lipinski definition) is 4. The molecule has 2 aromatic rings. The third-order valence-corrected chi connectivity index (χ3v) is 4.61. The molecule has 0 saturated carbocycles. The van der Waals surface area contributed by atoms with Crippen LogP contribution < -0.4 is 9.64 Å². The summed E-state index contributed by atoms with van der Waals surface area (Å²) in [5.74, 6) is 2.02. The van der Waals surface area contributed by atoms with Gasteiger partial charge in [0.05, 0.1) is 6.61 Å². The summed E-state index contributed by atoms with van der Waals surface area (Å²) in [5.41, 5.74) is 1.35. The summed E-state index contributed by atoms with van der Waals surface area (Å²) in [5, 5.41) is 0. The predicted molar refractivity (Wildman–Crippen MR) is 98.6 cm³/mol. The summed E-state index contributed by atoms with van der Waals surface area (Å²) in [6.45, 7) is 6.13. The highest BCUT2D eigenvalue weighted by atomic mass is 16.5. The number of ether oxygens (including phenoxy) is 1. The molecule has 1 aromatic heterocycles. The Morgan fingerprint density at radius 1 is 1.21 bits per heavy atom. The number of likely N-dealkylation sites (tertiary alicyclic amines) is 1. The number of aromatic nitrogens is 1. The minimum atomic E-state index is 0.534. The molecule has 0 bridgehead atoms. The lowest BCUT2D eigenvalue weighted by molar-refractivity contribution is 0.315. The highest BCUT2D eigenvalue weighted by Gasteiger charge is 2.26. The van der Waals surface area contributed by atoms with Crippen LogP contribution in [0.3, 0.4) is 0 Å². The Balaban J connectivity index is 1.52. The second-order valence-electron chi connectivity index (χ2n) is 6.47. The first kappa shape index (κ1) is 16.8. The summed E-state index contributed by atoms with van der Waals surface area (Å²) in [4.78, 5) is 9.29. The molecule has 0 spiro atoms. The van der Waals surface area contributed by atoms with Crippen molar-refractivity contribution in [3.05, 3.63) is 54.2 Å². The monoisotopic (exact) mass is 325 g/mol. The van der Waals surface area contributed by atoms with E-state index in [2.05, 4.69) is 59.1 Å². The maximum atomic E-state index is 5.65. The first-order valence-corrected chi connectivity index (χ1v) is 8.84. The van der Waals surface area contributed by atoms with E-state index >= 15 is 0 Å². The van der Waals surface area contributed by atoms with E-state index in [-0.39, 0.29) is 0 Å². The van der Waals surface area contributed by atoms with E-state index in [1.807, 2.05) is 18.3 Å². The number of pyridine rings is 1. The van der Waals surface area contributed by atoms with Gasteiger partial charge in [0.15, 0.2) is 0 Å². The number of anilines is 1. The van der Waals surface area contributed by atoms with Gasteiger partial charge in [-0.1, -0.05) is 25.1 Å². The van der Waals surface area contributed by atoms with Gasteiger partial charge in [0, 0.05) is 38.9 Å². The second-order valence-corrected chi connectivity index (χ2v) is 6.47. The van der Waals surface area contributed by atoms with Crippen molar-refractivity contribution in [1.29, 1.82) is 0 Å². The lowest BCUT2D eigenvalue weighted by Gasteiger charge is -2.26. The molecule has 4 heteroatoms. The van der Waals surface area contributed by atoms with Crippen LogP contribution in [0.1, 0.15) is 25.3 Å². The SMILES string of the molecule is CCCOc1ccc(CN2CC[C@H](N(C)c3ccccn3)C2)cc1. The minimum absolute atomic E-state index is 0.534. The summed E-state index contributed by atoms with van der Waals surface area (Å²) in [6.07, 6.45) is 4.09. The van der Waals surface area contributed by atoms with Gasteiger partial charge >= 0.3 is 0 Å². The molecular weight excluding hydrogens is 298 g/mol. The fourth-order valence-electron chi connectivity index (χ4n) is 3.19. The topological polar surface area (TPSA) is 28.6 Å². The van der Waals surface area contributed by atoms with Crippen LogP contribution in [-0.2, 0) is 6.54 Å². The molecule has 1 aliphatic heterocycles. The Labute approximate surface area is 145 Å². The van der Waals surface area contributed by atoms with Gasteiger partial charge in [0.1, 0.15) is 11.6 Å². The second kappa shape index (κ2) is 8.15. The molecule has 1 fully saturated rings. The van der Waals surface area contributed by atoms with Gasteiger partial charge in [0.25, 0.3) is 0 Å². The van der Waals surface area contributed by atoms with Crippen molar-refractivity contribution in [2.45, 2.75) is 32.4 Å². The zero-order valence-corrected chi connectivity index (χ0v) is 14.7. The maximum absolute atomic E-state index is 5.65. The van der Waals surface area contributed by atoms with Crippen molar-refractivity contribution in [1.82, 2.24) is 9.88 Å². The summed E-state index contributed by atoms with van der Waals surface area (Å²) < 4.78 is 5.65. The maximum Gasteiger partial charge on any atom is 0.128 e. The van der Waals surface area contributed by atoms with E-state index in [1.54, 1.807) is 0 Å². The average molecular weight is 325 g/mol. The molecule has 0 radical (unpaired) electrons. The molecule has 0 aliphatic carbocycles. The van der Waals surface area contributed by atoms with E-state index < -0.39 is 0 Å². The van der Waals surface area contributed by atoms with Gasteiger partial charge in [-0.05, 0) is 42.7 Å². The van der Waals surface area contributed by atoms with Crippen molar-refractivity contribution >= 4 is 5.82 Å². The van der Waals surface area contributed by atoms with Crippen LogP contribution in [-0.4, -0.2) is 42.7 Å². The first-order valence-electron chi connectivity index (χ1n) is 8.84. The Bertz CT molecular complexity index is 615. The molecule has 2 heterocycles. The van der Waals surface area contributed by atoms with Gasteiger partial charge in [0.2, 0.25) is 0 Å². The minimum Gasteiger partial charge on any atom is -0.494 e.